The van der Waals surface area contributed by atoms with E-state index in [9.17, 15) is 9.59 Å². The summed E-state index contributed by atoms with van der Waals surface area (Å²) < 4.78 is 0. The van der Waals surface area contributed by atoms with Crippen molar-refractivity contribution in [1.29, 1.82) is 0 Å². The third kappa shape index (κ3) is 5.76. The lowest BCUT2D eigenvalue weighted by molar-refractivity contribution is -0.119. The zero-order valence-corrected chi connectivity index (χ0v) is 21.5. The lowest BCUT2D eigenvalue weighted by Crippen LogP contribution is -2.42. The summed E-state index contributed by atoms with van der Waals surface area (Å²) in [6.45, 7) is 3.01. The maximum atomic E-state index is 13.5. The van der Waals surface area contributed by atoms with Crippen LogP contribution in [0, 0.1) is 5.92 Å². The number of aromatic nitrogens is 1. The maximum absolute atomic E-state index is 13.5. The number of aromatic amines is 1. The molecule has 36 heavy (non-hydrogen) atoms. The minimum Gasteiger partial charge on any atom is -0.360 e. The molecule has 6 nitrogen and oxygen atoms in total. The Kier molecular flexibility index (Phi) is 7.93. The molecule has 2 amide bonds. The van der Waals surface area contributed by atoms with E-state index in [0.717, 1.165) is 23.4 Å². The summed E-state index contributed by atoms with van der Waals surface area (Å²) in [5.41, 5.74) is 2.00. The molecule has 0 spiro atoms. The second-order valence-corrected chi connectivity index (χ2v) is 10.6. The lowest BCUT2D eigenvalue weighted by Gasteiger charge is -2.36. The molecule has 3 aromatic rings. The first-order valence-corrected chi connectivity index (χ1v) is 13.6. The van der Waals surface area contributed by atoms with Crippen molar-refractivity contribution in [2.24, 2.45) is 5.92 Å². The Morgan fingerprint density at radius 1 is 1.03 bits per heavy atom. The van der Waals surface area contributed by atoms with Crippen molar-refractivity contribution in [1.82, 2.24) is 15.2 Å². The number of benzene rings is 2. The standard InChI is InChI=1S/C29H35ClN4O2/c30-26-19-32-27-18-22(10-11-25(26)27)29(36)34(24-8-2-1-3-9-24)20-28(35)31-15-12-21-13-16-33(17-14-21)23-6-4-5-7-23/h1-3,8-11,18-19,21,23,32H,4-7,12-17,20H2,(H,31,35). The van der Waals surface area contributed by atoms with Gasteiger partial charge in [0.2, 0.25) is 5.91 Å². The van der Waals surface area contributed by atoms with Crippen LogP contribution in [0.1, 0.15) is 55.3 Å². The van der Waals surface area contributed by atoms with Gasteiger partial charge in [-0.2, -0.15) is 0 Å². The molecule has 5 rings (SSSR count). The van der Waals surface area contributed by atoms with Crippen LogP contribution in [-0.2, 0) is 4.79 Å². The largest absolute Gasteiger partial charge is 0.360 e. The van der Waals surface area contributed by atoms with Gasteiger partial charge in [0.25, 0.3) is 5.91 Å². The topological polar surface area (TPSA) is 68.4 Å². The third-order valence-electron chi connectivity index (χ3n) is 7.86. The molecule has 2 N–H and O–H groups in total. The molecule has 2 fully saturated rings. The summed E-state index contributed by atoms with van der Waals surface area (Å²) in [5, 5.41) is 4.55. The van der Waals surface area contributed by atoms with Crippen LogP contribution in [0.4, 0.5) is 5.69 Å². The molecule has 190 valence electrons. The summed E-state index contributed by atoms with van der Waals surface area (Å²) in [6.07, 6.45) is 10.6. The average molecular weight is 507 g/mol. The molecule has 1 aliphatic heterocycles. The van der Waals surface area contributed by atoms with Crippen molar-refractivity contribution >= 4 is 40.0 Å². The molecule has 0 unspecified atom stereocenters. The molecule has 2 heterocycles. The zero-order chi connectivity index (χ0) is 24.9. The lowest BCUT2D eigenvalue weighted by atomic mass is 9.92. The Labute approximate surface area is 218 Å². The van der Waals surface area contributed by atoms with E-state index in [1.54, 1.807) is 23.2 Å². The van der Waals surface area contributed by atoms with Crippen LogP contribution in [0.2, 0.25) is 5.02 Å². The molecule has 2 aromatic carbocycles. The van der Waals surface area contributed by atoms with Gasteiger partial charge in [-0.1, -0.05) is 48.7 Å². The second kappa shape index (κ2) is 11.5. The van der Waals surface area contributed by atoms with E-state index in [-0.39, 0.29) is 18.4 Å². The van der Waals surface area contributed by atoms with E-state index >= 15 is 0 Å². The Bertz CT molecular complexity index is 1180. The first kappa shape index (κ1) is 24.8. The fraction of sp³-hybridized carbons (Fsp3) is 0.448. The fourth-order valence-corrected chi connectivity index (χ4v) is 5.98. The summed E-state index contributed by atoms with van der Waals surface area (Å²) >= 11 is 6.19. The van der Waals surface area contributed by atoms with E-state index in [0.29, 0.717) is 28.7 Å². The number of H-pyrrole nitrogens is 1. The number of hydrogen-bond acceptors (Lipinski definition) is 3. The van der Waals surface area contributed by atoms with Crippen LogP contribution < -0.4 is 10.2 Å². The smallest absolute Gasteiger partial charge is 0.258 e. The Hall–Kier alpha value is -2.83. The van der Waals surface area contributed by atoms with E-state index in [4.69, 9.17) is 11.6 Å². The monoisotopic (exact) mass is 506 g/mol. The summed E-state index contributed by atoms with van der Waals surface area (Å²) in [7, 11) is 0. The van der Waals surface area contributed by atoms with Gasteiger partial charge in [-0.05, 0) is 75.4 Å². The number of rotatable bonds is 8. The predicted octanol–water partition coefficient (Wildman–Crippen LogP) is 5.63. The molecule has 0 atom stereocenters. The number of hydrogen-bond donors (Lipinski definition) is 2. The zero-order valence-electron chi connectivity index (χ0n) is 20.7. The van der Waals surface area contributed by atoms with Crippen LogP contribution in [0.25, 0.3) is 10.9 Å². The van der Waals surface area contributed by atoms with E-state index < -0.39 is 0 Å². The fourth-order valence-electron chi connectivity index (χ4n) is 5.76. The van der Waals surface area contributed by atoms with Crippen molar-refractivity contribution in [3.8, 4) is 0 Å². The second-order valence-electron chi connectivity index (χ2n) is 10.2. The van der Waals surface area contributed by atoms with E-state index in [1.165, 1.54) is 51.6 Å². The van der Waals surface area contributed by atoms with Crippen LogP contribution in [0.3, 0.4) is 0 Å². The van der Waals surface area contributed by atoms with Gasteiger partial charge in [0, 0.05) is 40.9 Å². The van der Waals surface area contributed by atoms with Gasteiger partial charge in [-0.15, -0.1) is 0 Å². The molecular formula is C29H35ClN4O2. The predicted molar refractivity (Wildman–Crippen MR) is 146 cm³/mol. The van der Waals surface area contributed by atoms with Gasteiger partial charge < -0.3 is 15.2 Å². The van der Waals surface area contributed by atoms with Crippen molar-refractivity contribution < 1.29 is 9.59 Å². The molecule has 7 heteroatoms. The van der Waals surface area contributed by atoms with E-state index in [1.807, 2.05) is 36.4 Å². The number of likely N-dealkylation sites (tertiary alicyclic amines) is 1. The SMILES string of the molecule is O=C(CN(C(=O)c1ccc2c(Cl)c[nH]c2c1)c1ccccc1)NCCC1CCN(C2CCCC2)CC1. The average Bonchev–Trinajstić information content (AvgIpc) is 3.58. The minimum atomic E-state index is -0.219. The quantitative estimate of drug-likeness (QED) is 0.416. The molecule has 0 radical (unpaired) electrons. The number of fused-ring (bicyclic) bond motifs is 1. The highest BCUT2D eigenvalue weighted by molar-refractivity contribution is 6.35. The molecule has 1 saturated carbocycles. The molecule has 1 aliphatic carbocycles. The van der Waals surface area contributed by atoms with Gasteiger partial charge in [0.15, 0.2) is 0 Å². The minimum absolute atomic E-state index is 0.0213. The van der Waals surface area contributed by atoms with Crippen molar-refractivity contribution in [2.45, 2.75) is 51.0 Å². The molecule has 2 aliphatic rings. The Morgan fingerprint density at radius 3 is 2.53 bits per heavy atom. The van der Waals surface area contributed by atoms with Gasteiger partial charge >= 0.3 is 0 Å². The Balaban J connectivity index is 1.17. The van der Waals surface area contributed by atoms with Crippen LogP contribution in [-0.4, -0.2) is 53.9 Å². The summed E-state index contributed by atoms with van der Waals surface area (Å²) in [5.74, 6) is 0.303. The molecular weight excluding hydrogens is 472 g/mol. The van der Waals surface area contributed by atoms with Crippen molar-refractivity contribution in [2.75, 3.05) is 31.1 Å². The van der Waals surface area contributed by atoms with Gasteiger partial charge in [0.05, 0.1) is 5.02 Å². The summed E-state index contributed by atoms with van der Waals surface area (Å²) in [6, 6.07) is 15.5. The van der Waals surface area contributed by atoms with E-state index in [2.05, 4.69) is 15.2 Å². The first-order chi connectivity index (χ1) is 17.6. The maximum Gasteiger partial charge on any atom is 0.258 e. The Morgan fingerprint density at radius 2 is 1.78 bits per heavy atom. The number of anilines is 1. The number of halogens is 1. The highest BCUT2D eigenvalue weighted by Crippen LogP contribution is 2.29. The van der Waals surface area contributed by atoms with Gasteiger partial charge in [0.1, 0.15) is 6.54 Å². The highest BCUT2D eigenvalue weighted by Gasteiger charge is 2.27. The normalized spacial score (nSPS) is 17.5. The number of amides is 2. The number of piperidine rings is 1. The van der Waals surface area contributed by atoms with Crippen molar-refractivity contribution in [3.63, 3.8) is 0 Å². The first-order valence-electron chi connectivity index (χ1n) is 13.2. The molecule has 1 saturated heterocycles. The number of nitrogens with one attached hydrogen (secondary N) is 2. The van der Waals surface area contributed by atoms with Gasteiger partial charge in [-0.25, -0.2) is 0 Å². The van der Waals surface area contributed by atoms with Crippen LogP contribution >= 0.6 is 11.6 Å². The van der Waals surface area contributed by atoms with Gasteiger partial charge in [-0.3, -0.25) is 14.5 Å². The third-order valence-corrected chi connectivity index (χ3v) is 8.17. The van der Waals surface area contributed by atoms with Crippen molar-refractivity contribution in [3.05, 3.63) is 65.3 Å². The van der Waals surface area contributed by atoms with Crippen LogP contribution in [0.15, 0.2) is 54.7 Å². The number of para-hydroxylation sites is 1. The molecule has 0 bridgehead atoms. The molecule has 1 aromatic heterocycles. The highest BCUT2D eigenvalue weighted by atomic mass is 35.5. The van der Waals surface area contributed by atoms with Crippen LogP contribution in [0.5, 0.6) is 0 Å². The number of carbonyl (C=O) groups is 2. The summed E-state index contributed by atoms with van der Waals surface area (Å²) in [4.78, 5) is 33.7. The number of carbonyl (C=O) groups excluding carboxylic acids is 2. The number of nitrogens with zero attached hydrogens (tertiary/aromatic N) is 2.